The quantitative estimate of drug-likeness (QED) is 0.783. The Hall–Kier alpha value is -1.02. The summed E-state index contributed by atoms with van der Waals surface area (Å²) in [6, 6.07) is 7.27. The maximum Gasteiger partial charge on any atom is 0.123 e. The van der Waals surface area contributed by atoms with E-state index >= 15 is 0 Å². The van der Waals surface area contributed by atoms with E-state index in [1.165, 1.54) is 24.0 Å². The lowest BCUT2D eigenvalue weighted by Gasteiger charge is -2.23. The van der Waals surface area contributed by atoms with Gasteiger partial charge < -0.3 is 10.1 Å². The van der Waals surface area contributed by atoms with Gasteiger partial charge in [0.1, 0.15) is 5.75 Å². The second kappa shape index (κ2) is 7.54. The Morgan fingerprint density at radius 3 is 2.37 bits per heavy atom. The minimum atomic E-state index is 0.317. The van der Waals surface area contributed by atoms with Crippen LogP contribution < -0.4 is 10.1 Å². The molecule has 0 spiro atoms. The highest BCUT2D eigenvalue weighted by molar-refractivity contribution is 5.39. The predicted octanol–water partition coefficient (Wildman–Crippen LogP) is 4.48. The maximum absolute atomic E-state index is 5.49. The molecule has 0 amide bonds. The Morgan fingerprint density at radius 2 is 1.79 bits per heavy atom. The van der Waals surface area contributed by atoms with Crippen LogP contribution in [0.5, 0.6) is 5.75 Å². The predicted molar refractivity (Wildman–Crippen MR) is 82.8 cm³/mol. The van der Waals surface area contributed by atoms with Crippen LogP contribution in [0.15, 0.2) is 18.2 Å². The molecule has 0 saturated heterocycles. The van der Waals surface area contributed by atoms with Crippen molar-refractivity contribution in [2.45, 2.75) is 59.5 Å². The van der Waals surface area contributed by atoms with Crippen molar-refractivity contribution in [1.82, 2.24) is 5.32 Å². The molecule has 0 fully saturated rings. The second-order valence-electron chi connectivity index (χ2n) is 6.01. The van der Waals surface area contributed by atoms with Crippen LogP contribution in [0.3, 0.4) is 0 Å². The highest BCUT2D eigenvalue weighted by Crippen LogP contribution is 2.26. The van der Waals surface area contributed by atoms with Crippen LogP contribution in [-0.4, -0.2) is 13.2 Å². The Morgan fingerprint density at radius 1 is 1.11 bits per heavy atom. The van der Waals surface area contributed by atoms with E-state index < -0.39 is 0 Å². The van der Waals surface area contributed by atoms with E-state index in [0.717, 1.165) is 11.7 Å². The average molecular weight is 263 g/mol. The fourth-order valence-corrected chi connectivity index (χ4v) is 2.36. The molecule has 2 unspecified atom stereocenters. The summed E-state index contributed by atoms with van der Waals surface area (Å²) in [5, 5.41) is 3.67. The molecule has 2 nitrogen and oxygen atoms in total. The van der Waals surface area contributed by atoms with Crippen molar-refractivity contribution in [3.8, 4) is 5.75 Å². The first-order chi connectivity index (χ1) is 8.93. The molecule has 1 aromatic carbocycles. The molecule has 1 aromatic rings. The van der Waals surface area contributed by atoms with Crippen molar-refractivity contribution >= 4 is 0 Å². The lowest BCUT2D eigenvalue weighted by molar-refractivity contribution is 0.384. The van der Waals surface area contributed by atoms with Gasteiger partial charge >= 0.3 is 0 Å². The van der Waals surface area contributed by atoms with Gasteiger partial charge in [-0.25, -0.2) is 0 Å². The number of methoxy groups -OCH3 is 1. The van der Waals surface area contributed by atoms with Gasteiger partial charge in [0.15, 0.2) is 0 Å². The SMILES string of the molecule is COc1cc(C)ccc1C(C)NC(C)CCC(C)C. The highest BCUT2D eigenvalue weighted by Gasteiger charge is 2.14. The third kappa shape index (κ3) is 5.23. The molecule has 1 N–H and O–H groups in total. The smallest absolute Gasteiger partial charge is 0.123 e. The van der Waals surface area contributed by atoms with E-state index in [2.05, 4.69) is 58.1 Å². The van der Waals surface area contributed by atoms with Gasteiger partial charge in [0.05, 0.1) is 7.11 Å². The molecule has 19 heavy (non-hydrogen) atoms. The van der Waals surface area contributed by atoms with Crippen molar-refractivity contribution < 1.29 is 4.74 Å². The first-order valence-electron chi connectivity index (χ1n) is 7.34. The molecular weight excluding hydrogens is 234 g/mol. The van der Waals surface area contributed by atoms with Crippen molar-refractivity contribution in [3.05, 3.63) is 29.3 Å². The van der Waals surface area contributed by atoms with Crippen LogP contribution in [0.25, 0.3) is 0 Å². The van der Waals surface area contributed by atoms with Crippen LogP contribution in [0, 0.1) is 12.8 Å². The number of benzene rings is 1. The maximum atomic E-state index is 5.49. The van der Waals surface area contributed by atoms with E-state index in [1.54, 1.807) is 7.11 Å². The zero-order chi connectivity index (χ0) is 14.4. The Balaban J connectivity index is 2.64. The van der Waals surface area contributed by atoms with Gasteiger partial charge in [-0.2, -0.15) is 0 Å². The first kappa shape index (κ1) is 16.0. The molecule has 0 radical (unpaired) electrons. The highest BCUT2D eigenvalue weighted by atomic mass is 16.5. The molecule has 2 heteroatoms. The van der Waals surface area contributed by atoms with E-state index in [-0.39, 0.29) is 0 Å². The van der Waals surface area contributed by atoms with Gasteiger partial charge in [0.25, 0.3) is 0 Å². The molecule has 0 bridgehead atoms. The third-order valence-corrected chi connectivity index (χ3v) is 3.57. The summed E-state index contributed by atoms with van der Waals surface area (Å²) >= 11 is 0. The third-order valence-electron chi connectivity index (χ3n) is 3.57. The lowest BCUT2D eigenvalue weighted by Crippen LogP contribution is -2.29. The monoisotopic (exact) mass is 263 g/mol. The van der Waals surface area contributed by atoms with Crippen LogP contribution in [0.4, 0.5) is 0 Å². The molecule has 2 atom stereocenters. The number of ether oxygens (including phenoxy) is 1. The van der Waals surface area contributed by atoms with Gasteiger partial charge in [-0.05, 0) is 51.2 Å². The number of aryl methyl sites for hydroxylation is 1. The summed E-state index contributed by atoms with van der Waals surface area (Å²) in [6.07, 6.45) is 2.49. The molecule has 0 aliphatic carbocycles. The molecule has 0 saturated carbocycles. The standard InChI is InChI=1S/C17H29NO/c1-12(2)7-9-14(4)18-15(5)16-10-8-13(3)11-17(16)19-6/h8,10-12,14-15,18H,7,9H2,1-6H3. The molecule has 0 aliphatic rings. The molecule has 0 aromatic heterocycles. The van der Waals surface area contributed by atoms with Crippen molar-refractivity contribution in [3.63, 3.8) is 0 Å². The molecule has 0 heterocycles. The molecule has 1 rings (SSSR count). The summed E-state index contributed by atoms with van der Waals surface area (Å²) < 4.78 is 5.49. The number of nitrogens with one attached hydrogen (secondary N) is 1. The summed E-state index contributed by atoms with van der Waals surface area (Å²) in [4.78, 5) is 0. The lowest BCUT2D eigenvalue weighted by atomic mass is 10.0. The fourth-order valence-electron chi connectivity index (χ4n) is 2.36. The molecule has 0 aliphatic heterocycles. The summed E-state index contributed by atoms with van der Waals surface area (Å²) in [7, 11) is 1.74. The van der Waals surface area contributed by atoms with Crippen LogP contribution >= 0.6 is 0 Å². The minimum absolute atomic E-state index is 0.317. The Kier molecular flexibility index (Phi) is 6.36. The topological polar surface area (TPSA) is 21.3 Å². The van der Waals surface area contributed by atoms with Gasteiger partial charge in [0, 0.05) is 17.6 Å². The minimum Gasteiger partial charge on any atom is -0.496 e. The summed E-state index contributed by atoms with van der Waals surface area (Å²) in [5.41, 5.74) is 2.48. The van der Waals surface area contributed by atoms with E-state index in [1.807, 2.05) is 0 Å². The molecular formula is C17H29NO. The van der Waals surface area contributed by atoms with Crippen LogP contribution in [-0.2, 0) is 0 Å². The van der Waals surface area contributed by atoms with Crippen molar-refractivity contribution in [2.75, 3.05) is 7.11 Å². The van der Waals surface area contributed by atoms with Crippen molar-refractivity contribution in [2.24, 2.45) is 5.92 Å². The van der Waals surface area contributed by atoms with Gasteiger partial charge in [-0.1, -0.05) is 26.0 Å². The number of hydrogen-bond acceptors (Lipinski definition) is 2. The Bertz CT molecular complexity index is 387. The zero-order valence-electron chi connectivity index (χ0n) is 13.3. The largest absolute Gasteiger partial charge is 0.496 e. The summed E-state index contributed by atoms with van der Waals surface area (Å²) in [5.74, 6) is 1.75. The normalized spacial score (nSPS) is 14.5. The number of hydrogen-bond donors (Lipinski definition) is 1. The van der Waals surface area contributed by atoms with E-state index in [4.69, 9.17) is 4.74 Å². The van der Waals surface area contributed by atoms with Gasteiger partial charge in [0.2, 0.25) is 0 Å². The zero-order valence-corrected chi connectivity index (χ0v) is 13.3. The van der Waals surface area contributed by atoms with Crippen LogP contribution in [0.2, 0.25) is 0 Å². The van der Waals surface area contributed by atoms with Crippen LogP contribution in [0.1, 0.15) is 57.7 Å². The average Bonchev–Trinajstić information content (AvgIpc) is 2.35. The van der Waals surface area contributed by atoms with E-state index in [0.29, 0.717) is 12.1 Å². The summed E-state index contributed by atoms with van der Waals surface area (Å²) in [6.45, 7) is 11.1. The molecule has 108 valence electrons. The van der Waals surface area contributed by atoms with Gasteiger partial charge in [-0.15, -0.1) is 0 Å². The first-order valence-corrected chi connectivity index (χ1v) is 7.34. The fraction of sp³-hybridized carbons (Fsp3) is 0.647. The van der Waals surface area contributed by atoms with E-state index in [9.17, 15) is 0 Å². The number of rotatable bonds is 7. The van der Waals surface area contributed by atoms with Crippen molar-refractivity contribution in [1.29, 1.82) is 0 Å². The second-order valence-corrected chi connectivity index (χ2v) is 6.01. The van der Waals surface area contributed by atoms with Gasteiger partial charge in [-0.3, -0.25) is 0 Å². The Labute approximate surface area is 118 Å².